The summed E-state index contributed by atoms with van der Waals surface area (Å²) in [7, 11) is 0. The van der Waals surface area contributed by atoms with Gasteiger partial charge in [-0.1, -0.05) is 34.6 Å². The zero-order valence-electron chi connectivity index (χ0n) is 16.8. The molecule has 0 aliphatic heterocycles. The van der Waals surface area contributed by atoms with Crippen molar-refractivity contribution in [2.24, 2.45) is 45.8 Å². The Balaban J connectivity index is 1.80. The number of esters is 1. The number of hydrogen-bond acceptors (Lipinski definition) is 3. The van der Waals surface area contributed by atoms with Crippen molar-refractivity contribution in [3.05, 3.63) is 0 Å². The molecule has 4 aliphatic rings. The molecule has 4 rings (SSSR count). The first-order valence-electron chi connectivity index (χ1n) is 10.4. The highest BCUT2D eigenvalue weighted by Crippen LogP contribution is 2.75. The Hall–Kier alpha value is -0.570. The normalized spacial score (nSPS) is 56.8. The second kappa shape index (κ2) is 5.24. The maximum atomic E-state index is 12.0. The van der Waals surface area contributed by atoms with Crippen molar-refractivity contribution >= 4 is 5.97 Å². The van der Waals surface area contributed by atoms with Crippen LogP contribution < -0.4 is 0 Å². The van der Waals surface area contributed by atoms with Crippen LogP contribution in [0.15, 0.2) is 0 Å². The van der Waals surface area contributed by atoms with Crippen molar-refractivity contribution < 1.29 is 14.6 Å². The number of aliphatic hydroxyl groups is 1. The largest absolute Gasteiger partial charge is 0.462 e. The van der Waals surface area contributed by atoms with Gasteiger partial charge in [-0.05, 0) is 66.6 Å². The molecule has 25 heavy (non-hydrogen) atoms. The highest BCUT2D eigenvalue weighted by atomic mass is 16.5. The van der Waals surface area contributed by atoms with Crippen LogP contribution in [-0.4, -0.2) is 23.3 Å². The first kappa shape index (κ1) is 17.8. The first-order valence-corrected chi connectivity index (χ1v) is 10.4. The van der Waals surface area contributed by atoms with Gasteiger partial charge in [-0.2, -0.15) is 0 Å². The Morgan fingerprint density at radius 2 is 1.76 bits per heavy atom. The Bertz CT molecular complexity index is 586. The first-order chi connectivity index (χ1) is 11.5. The molecule has 4 fully saturated rings. The third-order valence-electron chi connectivity index (χ3n) is 9.20. The summed E-state index contributed by atoms with van der Waals surface area (Å²) in [5.74, 6) is 2.53. The van der Waals surface area contributed by atoms with Gasteiger partial charge in [-0.3, -0.25) is 4.79 Å². The van der Waals surface area contributed by atoms with Crippen molar-refractivity contribution in [3.8, 4) is 0 Å². The lowest BCUT2D eigenvalue weighted by Gasteiger charge is -2.59. The topological polar surface area (TPSA) is 46.5 Å². The zero-order valence-corrected chi connectivity index (χ0v) is 16.8. The molecule has 142 valence electrons. The van der Waals surface area contributed by atoms with E-state index in [0.717, 1.165) is 19.3 Å². The molecule has 0 amide bonds. The Kier molecular flexibility index (Phi) is 3.74. The van der Waals surface area contributed by atoms with Crippen LogP contribution in [0.4, 0.5) is 0 Å². The fraction of sp³-hybridized carbons (Fsp3) is 0.955. The van der Waals surface area contributed by atoms with Crippen molar-refractivity contribution in [1.29, 1.82) is 0 Å². The molecule has 4 aliphatic carbocycles. The van der Waals surface area contributed by atoms with E-state index < -0.39 is 0 Å². The van der Waals surface area contributed by atoms with Crippen molar-refractivity contribution in [2.45, 2.75) is 85.9 Å². The van der Waals surface area contributed by atoms with Gasteiger partial charge in [0.15, 0.2) is 0 Å². The van der Waals surface area contributed by atoms with Gasteiger partial charge in [0, 0.05) is 18.3 Å². The zero-order chi connectivity index (χ0) is 18.4. The smallest absolute Gasteiger partial charge is 0.302 e. The van der Waals surface area contributed by atoms with E-state index >= 15 is 0 Å². The highest BCUT2D eigenvalue weighted by Gasteiger charge is 2.72. The second-order valence-electron chi connectivity index (χ2n) is 11.0. The van der Waals surface area contributed by atoms with Crippen LogP contribution in [0.3, 0.4) is 0 Å². The fourth-order valence-electron chi connectivity index (χ4n) is 7.51. The van der Waals surface area contributed by atoms with Crippen molar-refractivity contribution in [2.75, 3.05) is 0 Å². The van der Waals surface area contributed by atoms with E-state index in [1.165, 1.54) is 12.8 Å². The molecule has 0 bridgehead atoms. The summed E-state index contributed by atoms with van der Waals surface area (Å²) < 4.78 is 6.08. The van der Waals surface area contributed by atoms with Gasteiger partial charge in [0.1, 0.15) is 6.10 Å². The molecule has 0 saturated heterocycles. The number of rotatable bonds is 2. The van der Waals surface area contributed by atoms with Gasteiger partial charge in [0.25, 0.3) is 0 Å². The molecule has 3 heteroatoms. The van der Waals surface area contributed by atoms with E-state index in [1.54, 1.807) is 6.92 Å². The SMILES string of the molecule is CC(=O)O[C@H]1[C@@H]2[C@@H]3[C@H](C(C)C)C[C@H](O)[C@]3(C)CC[C@@]2(C)C[C@H]2C[C@]21C. The molecule has 4 saturated carbocycles. The maximum absolute atomic E-state index is 12.0. The van der Waals surface area contributed by atoms with Crippen LogP contribution in [0.2, 0.25) is 0 Å². The number of hydrogen-bond donors (Lipinski definition) is 1. The van der Waals surface area contributed by atoms with E-state index in [2.05, 4.69) is 34.6 Å². The molecule has 0 aromatic carbocycles. The summed E-state index contributed by atoms with van der Waals surface area (Å²) in [6.45, 7) is 13.3. The lowest BCUT2D eigenvalue weighted by atomic mass is 9.46. The summed E-state index contributed by atoms with van der Waals surface area (Å²) in [5.41, 5.74) is 0.404. The van der Waals surface area contributed by atoms with E-state index in [4.69, 9.17) is 4.74 Å². The number of aliphatic hydroxyl groups excluding tert-OH is 1. The number of carbonyl (C=O) groups excluding carboxylic acids is 1. The molecule has 3 nitrogen and oxygen atoms in total. The molecule has 9 atom stereocenters. The molecule has 0 aromatic rings. The van der Waals surface area contributed by atoms with Crippen LogP contribution in [0.1, 0.15) is 73.6 Å². The van der Waals surface area contributed by atoms with Gasteiger partial charge >= 0.3 is 5.97 Å². The van der Waals surface area contributed by atoms with Crippen LogP contribution >= 0.6 is 0 Å². The Morgan fingerprint density at radius 3 is 2.36 bits per heavy atom. The average molecular weight is 349 g/mol. The van der Waals surface area contributed by atoms with E-state index in [-0.39, 0.29) is 34.4 Å². The molecule has 0 heterocycles. The van der Waals surface area contributed by atoms with Crippen LogP contribution in [0.5, 0.6) is 0 Å². The third kappa shape index (κ3) is 2.30. The second-order valence-corrected chi connectivity index (χ2v) is 11.0. The molecule has 0 spiro atoms. The summed E-state index contributed by atoms with van der Waals surface area (Å²) in [5, 5.41) is 11.0. The lowest BCUT2D eigenvalue weighted by Crippen LogP contribution is -2.58. The van der Waals surface area contributed by atoms with Crippen molar-refractivity contribution in [3.63, 3.8) is 0 Å². The monoisotopic (exact) mass is 348 g/mol. The quantitative estimate of drug-likeness (QED) is 0.751. The summed E-state index contributed by atoms with van der Waals surface area (Å²) in [6.07, 6.45) is 5.50. The minimum atomic E-state index is -0.211. The van der Waals surface area contributed by atoms with Gasteiger partial charge in [0.05, 0.1) is 6.10 Å². The highest BCUT2D eigenvalue weighted by molar-refractivity contribution is 5.66. The molecule has 0 radical (unpaired) electrons. The minimum Gasteiger partial charge on any atom is -0.462 e. The van der Waals surface area contributed by atoms with Crippen molar-refractivity contribution in [1.82, 2.24) is 0 Å². The van der Waals surface area contributed by atoms with Crippen LogP contribution in [-0.2, 0) is 9.53 Å². The number of ether oxygens (including phenoxy) is 1. The van der Waals surface area contributed by atoms with E-state index in [9.17, 15) is 9.90 Å². The Labute approximate surface area is 152 Å². The minimum absolute atomic E-state index is 0.0183. The van der Waals surface area contributed by atoms with Gasteiger partial charge < -0.3 is 9.84 Å². The van der Waals surface area contributed by atoms with E-state index in [1.807, 2.05) is 0 Å². The molecular formula is C22H36O3. The predicted octanol–water partition coefficient (Wildman–Crippen LogP) is 4.42. The predicted molar refractivity (Wildman–Crippen MR) is 97.8 cm³/mol. The summed E-state index contributed by atoms with van der Waals surface area (Å²) in [6, 6.07) is 0. The number of carbonyl (C=O) groups is 1. The van der Waals surface area contributed by atoms with Crippen LogP contribution in [0, 0.1) is 45.8 Å². The van der Waals surface area contributed by atoms with Crippen LogP contribution in [0.25, 0.3) is 0 Å². The van der Waals surface area contributed by atoms with Gasteiger partial charge in [0.2, 0.25) is 0 Å². The Morgan fingerprint density at radius 1 is 1.08 bits per heavy atom. The maximum Gasteiger partial charge on any atom is 0.302 e. The third-order valence-corrected chi connectivity index (χ3v) is 9.20. The summed E-state index contributed by atoms with van der Waals surface area (Å²) in [4.78, 5) is 12.0. The van der Waals surface area contributed by atoms with E-state index in [0.29, 0.717) is 29.6 Å². The molecule has 0 unspecified atom stereocenters. The lowest BCUT2D eigenvalue weighted by molar-refractivity contribution is -0.190. The van der Waals surface area contributed by atoms with Gasteiger partial charge in [-0.15, -0.1) is 0 Å². The number of fused-ring (bicyclic) bond motifs is 4. The van der Waals surface area contributed by atoms with Gasteiger partial charge in [-0.25, -0.2) is 0 Å². The molecule has 1 N–H and O–H groups in total. The fourth-order valence-corrected chi connectivity index (χ4v) is 7.51. The summed E-state index contributed by atoms with van der Waals surface area (Å²) >= 11 is 0. The molecule has 0 aromatic heterocycles. The average Bonchev–Trinajstić information content (AvgIpc) is 3.07. The molecular weight excluding hydrogens is 312 g/mol. The standard InChI is InChI=1S/C22H36O3/c1-12(2)15-9-16(24)21(5)8-7-20(4)10-14-11-22(14,6)19(25-13(3)23)18(20)17(15)21/h12,14-19,24H,7-11H2,1-6H3/t14-,15-,16-,17-,18-,19-,20-,21-,22+/m0/s1.